The molecule has 1 heterocycles. The van der Waals surface area contributed by atoms with Crippen molar-refractivity contribution in [3.8, 4) is 0 Å². The average molecular weight is 344 g/mol. The Morgan fingerprint density at radius 1 is 1.16 bits per heavy atom. The molecule has 0 bridgehead atoms. The number of amides is 1. The van der Waals surface area contributed by atoms with Crippen molar-refractivity contribution in [2.75, 3.05) is 5.32 Å². The van der Waals surface area contributed by atoms with E-state index in [0.29, 0.717) is 18.1 Å². The number of anilines is 1. The predicted octanol–water partition coefficient (Wildman–Crippen LogP) is 4.29. The molecule has 0 radical (unpaired) electrons. The van der Waals surface area contributed by atoms with Crippen molar-refractivity contribution >= 4 is 17.3 Å². The second-order valence-electron chi connectivity index (χ2n) is 6.10. The highest BCUT2D eigenvalue weighted by atomic mass is 16.6. The fourth-order valence-corrected chi connectivity index (χ4v) is 2.87. The van der Waals surface area contributed by atoms with Crippen LogP contribution in [0.1, 0.15) is 48.4 Å². The number of non-ortho nitro benzene ring substituents is 1. The van der Waals surface area contributed by atoms with E-state index in [1.165, 1.54) is 43.5 Å². The first-order chi connectivity index (χ1) is 12.1. The molecule has 1 saturated carbocycles. The lowest BCUT2D eigenvalue weighted by molar-refractivity contribution is -0.384. The van der Waals surface area contributed by atoms with Gasteiger partial charge in [0.05, 0.1) is 11.0 Å². The summed E-state index contributed by atoms with van der Waals surface area (Å²) < 4.78 is 11.4. The zero-order chi connectivity index (χ0) is 17.6. The maximum absolute atomic E-state index is 12.2. The summed E-state index contributed by atoms with van der Waals surface area (Å²) in [5, 5.41) is 13.3. The van der Waals surface area contributed by atoms with Crippen molar-refractivity contribution in [1.29, 1.82) is 0 Å². The van der Waals surface area contributed by atoms with Gasteiger partial charge in [0.1, 0.15) is 12.4 Å². The van der Waals surface area contributed by atoms with Crippen LogP contribution in [0.15, 0.2) is 40.8 Å². The highest BCUT2D eigenvalue weighted by Gasteiger charge is 2.16. The van der Waals surface area contributed by atoms with E-state index in [1.807, 2.05) is 0 Å². The number of ether oxygens (including phenoxy) is 1. The fourth-order valence-electron chi connectivity index (χ4n) is 2.87. The number of hydrogen-bond donors (Lipinski definition) is 1. The summed E-state index contributed by atoms with van der Waals surface area (Å²) in [7, 11) is 0. The minimum absolute atomic E-state index is 0.0295. The molecule has 0 atom stereocenters. The average Bonchev–Trinajstić information content (AvgIpc) is 3.10. The molecular weight excluding hydrogens is 324 g/mol. The predicted molar refractivity (Wildman–Crippen MR) is 91.4 cm³/mol. The highest BCUT2D eigenvalue weighted by molar-refractivity contribution is 6.02. The lowest BCUT2D eigenvalue weighted by Gasteiger charge is -2.21. The summed E-state index contributed by atoms with van der Waals surface area (Å²) in [5.74, 6) is 0.387. The van der Waals surface area contributed by atoms with Gasteiger partial charge in [-0.05, 0) is 37.1 Å². The first-order valence-electron chi connectivity index (χ1n) is 8.38. The second-order valence-corrected chi connectivity index (χ2v) is 6.10. The Kier molecular flexibility index (Phi) is 5.45. The SMILES string of the molecule is O=C(Nc1ccc([N+](=O)[O-])cc1)c1ccc(COC2CCCCC2)o1. The molecule has 1 fully saturated rings. The van der Waals surface area contributed by atoms with Gasteiger partial charge >= 0.3 is 0 Å². The Labute approximate surface area is 145 Å². The van der Waals surface area contributed by atoms with Crippen molar-refractivity contribution in [1.82, 2.24) is 0 Å². The molecule has 25 heavy (non-hydrogen) atoms. The quantitative estimate of drug-likeness (QED) is 0.623. The maximum Gasteiger partial charge on any atom is 0.291 e. The van der Waals surface area contributed by atoms with Crippen molar-refractivity contribution in [3.63, 3.8) is 0 Å². The Morgan fingerprint density at radius 2 is 1.88 bits per heavy atom. The van der Waals surface area contributed by atoms with Crippen molar-refractivity contribution in [2.45, 2.75) is 44.8 Å². The Morgan fingerprint density at radius 3 is 2.56 bits per heavy atom. The van der Waals surface area contributed by atoms with Crippen LogP contribution in [0.3, 0.4) is 0 Å². The van der Waals surface area contributed by atoms with Crippen LogP contribution in [0.2, 0.25) is 0 Å². The lowest BCUT2D eigenvalue weighted by Crippen LogP contribution is -2.16. The van der Waals surface area contributed by atoms with Crippen LogP contribution < -0.4 is 5.32 Å². The molecule has 0 saturated heterocycles. The monoisotopic (exact) mass is 344 g/mol. The van der Waals surface area contributed by atoms with Crippen LogP contribution in [-0.4, -0.2) is 16.9 Å². The number of carbonyl (C=O) groups excluding carboxylic acids is 1. The van der Waals surface area contributed by atoms with Crippen molar-refractivity contribution in [3.05, 3.63) is 58.0 Å². The zero-order valence-corrected chi connectivity index (χ0v) is 13.8. The molecule has 2 aromatic rings. The molecule has 0 aliphatic heterocycles. The van der Waals surface area contributed by atoms with Gasteiger partial charge in [0.25, 0.3) is 11.6 Å². The second kappa shape index (κ2) is 7.94. The normalized spacial score (nSPS) is 15.0. The van der Waals surface area contributed by atoms with Crippen LogP contribution >= 0.6 is 0 Å². The Hall–Kier alpha value is -2.67. The number of hydrogen-bond acceptors (Lipinski definition) is 5. The standard InChI is InChI=1S/C18H20N2O5/c21-18(19-13-6-8-14(9-7-13)20(22)23)17-11-10-16(25-17)12-24-15-4-2-1-3-5-15/h6-11,15H,1-5,12H2,(H,19,21). The molecular formula is C18H20N2O5. The van der Waals surface area contributed by atoms with Gasteiger partial charge in [-0.2, -0.15) is 0 Å². The third-order valence-electron chi connectivity index (χ3n) is 4.23. The third kappa shape index (κ3) is 4.67. The zero-order valence-electron chi connectivity index (χ0n) is 13.8. The number of rotatable bonds is 6. The van der Waals surface area contributed by atoms with Crippen LogP contribution in [0.25, 0.3) is 0 Å². The summed E-state index contributed by atoms with van der Waals surface area (Å²) in [6, 6.07) is 8.95. The van der Waals surface area contributed by atoms with Crippen LogP contribution in [0, 0.1) is 10.1 Å². The number of nitro benzene ring substituents is 1. The minimum atomic E-state index is -0.489. The number of furan rings is 1. The van der Waals surface area contributed by atoms with Gasteiger partial charge in [0.2, 0.25) is 0 Å². The number of nitrogens with one attached hydrogen (secondary N) is 1. The van der Waals surface area contributed by atoms with Gasteiger partial charge in [-0.1, -0.05) is 19.3 Å². The molecule has 1 aromatic heterocycles. The largest absolute Gasteiger partial charge is 0.453 e. The molecule has 1 aliphatic carbocycles. The Bertz CT molecular complexity index is 732. The number of nitro groups is 1. The molecule has 132 valence electrons. The smallest absolute Gasteiger partial charge is 0.291 e. The van der Waals surface area contributed by atoms with Crippen LogP contribution in [-0.2, 0) is 11.3 Å². The number of benzene rings is 1. The summed E-state index contributed by atoms with van der Waals surface area (Å²) >= 11 is 0. The summed E-state index contributed by atoms with van der Waals surface area (Å²) in [6.45, 7) is 0.357. The first-order valence-corrected chi connectivity index (χ1v) is 8.38. The van der Waals surface area contributed by atoms with Gasteiger partial charge in [-0.15, -0.1) is 0 Å². The van der Waals surface area contributed by atoms with E-state index in [4.69, 9.17) is 9.15 Å². The molecule has 1 aliphatic rings. The van der Waals surface area contributed by atoms with E-state index in [9.17, 15) is 14.9 Å². The van der Waals surface area contributed by atoms with Gasteiger partial charge in [-0.25, -0.2) is 0 Å². The van der Waals surface area contributed by atoms with Crippen molar-refractivity contribution in [2.24, 2.45) is 0 Å². The molecule has 1 N–H and O–H groups in total. The lowest BCUT2D eigenvalue weighted by atomic mass is 9.98. The minimum Gasteiger partial charge on any atom is -0.453 e. The summed E-state index contributed by atoms with van der Waals surface area (Å²) in [6.07, 6.45) is 6.10. The van der Waals surface area contributed by atoms with Crippen molar-refractivity contribution < 1.29 is 18.9 Å². The topological polar surface area (TPSA) is 94.6 Å². The van der Waals surface area contributed by atoms with Gasteiger partial charge < -0.3 is 14.5 Å². The molecule has 7 nitrogen and oxygen atoms in total. The Balaban J connectivity index is 1.53. The summed E-state index contributed by atoms with van der Waals surface area (Å²) in [5.41, 5.74) is 0.435. The van der Waals surface area contributed by atoms with Gasteiger partial charge in [0, 0.05) is 17.8 Å². The number of carbonyl (C=O) groups is 1. The number of nitrogens with zero attached hydrogens (tertiary/aromatic N) is 1. The van der Waals surface area contributed by atoms with Gasteiger partial charge in [-0.3, -0.25) is 14.9 Å². The molecule has 7 heteroatoms. The molecule has 1 aromatic carbocycles. The molecule has 0 spiro atoms. The molecule has 3 rings (SSSR count). The van der Waals surface area contributed by atoms with Crippen LogP contribution in [0.5, 0.6) is 0 Å². The fraction of sp³-hybridized carbons (Fsp3) is 0.389. The van der Waals surface area contributed by atoms with E-state index in [-0.39, 0.29) is 17.6 Å². The maximum atomic E-state index is 12.2. The summed E-state index contributed by atoms with van der Waals surface area (Å²) in [4.78, 5) is 22.3. The third-order valence-corrected chi connectivity index (χ3v) is 4.23. The van der Waals surface area contributed by atoms with E-state index in [1.54, 1.807) is 12.1 Å². The van der Waals surface area contributed by atoms with E-state index in [0.717, 1.165) is 12.8 Å². The molecule has 1 amide bonds. The first kappa shape index (κ1) is 17.2. The van der Waals surface area contributed by atoms with E-state index >= 15 is 0 Å². The highest BCUT2D eigenvalue weighted by Crippen LogP contribution is 2.22. The van der Waals surface area contributed by atoms with Crippen LogP contribution in [0.4, 0.5) is 11.4 Å². The molecule has 0 unspecified atom stereocenters. The van der Waals surface area contributed by atoms with E-state index in [2.05, 4.69) is 5.32 Å². The van der Waals surface area contributed by atoms with E-state index < -0.39 is 10.8 Å². The van der Waals surface area contributed by atoms with Gasteiger partial charge in [0.15, 0.2) is 5.76 Å².